The van der Waals surface area contributed by atoms with Crippen molar-refractivity contribution >= 4 is 38.3 Å². The third-order valence-electron chi connectivity index (χ3n) is 3.91. The van der Waals surface area contributed by atoms with E-state index in [1.165, 1.54) is 24.3 Å². The Labute approximate surface area is 162 Å². The summed E-state index contributed by atoms with van der Waals surface area (Å²) in [6, 6.07) is 11.1. The number of benzene rings is 2. The van der Waals surface area contributed by atoms with Crippen molar-refractivity contribution in [1.29, 1.82) is 0 Å². The maximum Gasteiger partial charge on any atom is 0.416 e. The number of hydrogen-bond acceptors (Lipinski definition) is 3. The van der Waals surface area contributed by atoms with Gasteiger partial charge >= 0.3 is 6.18 Å². The number of alkyl halides is 3. The molecule has 2 aromatic rings. The normalized spacial score (nSPS) is 15.7. The second-order valence-corrected chi connectivity index (χ2v) is 8.82. The third kappa shape index (κ3) is 4.03. The Bertz CT molecular complexity index is 941. The second kappa shape index (κ2) is 7.18. The number of rotatable bonds is 3. The molecule has 0 aromatic heterocycles. The molecule has 0 saturated heterocycles. The number of hydrazone groups is 1. The van der Waals surface area contributed by atoms with Gasteiger partial charge in [-0.05, 0) is 77.4 Å². The average Bonchev–Trinajstić information content (AvgIpc) is 2.62. The molecule has 0 radical (unpaired) electrons. The van der Waals surface area contributed by atoms with E-state index in [2.05, 4.69) is 27.7 Å². The van der Waals surface area contributed by atoms with Crippen molar-refractivity contribution < 1.29 is 21.6 Å². The quantitative estimate of drug-likeness (QED) is 0.591. The van der Waals surface area contributed by atoms with Crippen LogP contribution in [0, 0.1) is 3.57 Å². The smallest absolute Gasteiger partial charge is 0.200 e. The minimum absolute atomic E-state index is 0.104. The van der Waals surface area contributed by atoms with Crippen LogP contribution in [0.3, 0.4) is 0 Å². The molecule has 0 spiro atoms. The van der Waals surface area contributed by atoms with E-state index < -0.39 is 21.8 Å². The molecule has 0 unspecified atom stereocenters. The second-order valence-electron chi connectivity index (χ2n) is 5.73. The van der Waals surface area contributed by atoms with Crippen molar-refractivity contribution in [2.45, 2.75) is 23.9 Å². The SMILES string of the molecule is O=S(=O)(c1ccc(I)cc1)N1CCCC(c2cccc(C(F)(F)F)c2)=N1. The summed E-state index contributed by atoms with van der Waals surface area (Å²) in [4.78, 5) is 0.104. The van der Waals surface area contributed by atoms with Crippen molar-refractivity contribution in [3.63, 3.8) is 0 Å². The first-order valence-electron chi connectivity index (χ1n) is 7.71. The van der Waals surface area contributed by atoms with Crippen LogP contribution in [0.4, 0.5) is 13.2 Å². The fourth-order valence-corrected chi connectivity index (χ4v) is 4.25. The van der Waals surface area contributed by atoms with Gasteiger partial charge in [0.1, 0.15) is 0 Å². The molecule has 0 atom stereocenters. The summed E-state index contributed by atoms with van der Waals surface area (Å²) in [6.45, 7) is 0.191. The molecule has 1 aliphatic heterocycles. The van der Waals surface area contributed by atoms with E-state index in [-0.39, 0.29) is 17.0 Å². The summed E-state index contributed by atoms with van der Waals surface area (Å²) < 4.78 is 66.1. The fraction of sp³-hybridized carbons (Fsp3) is 0.235. The van der Waals surface area contributed by atoms with Crippen LogP contribution in [0.5, 0.6) is 0 Å². The zero-order valence-corrected chi connectivity index (χ0v) is 16.3. The van der Waals surface area contributed by atoms with E-state index in [1.807, 2.05) is 0 Å². The molecule has 0 aliphatic carbocycles. The molecule has 4 nitrogen and oxygen atoms in total. The van der Waals surface area contributed by atoms with E-state index in [9.17, 15) is 21.6 Å². The molecule has 0 N–H and O–H groups in total. The topological polar surface area (TPSA) is 49.7 Å². The van der Waals surface area contributed by atoms with Gasteiger partial charge in [-0.2, -0.15) is 31.1 Å². The summed E-state index contributed by atoms with van der Waals surface area (Å²) in [5.41, 5.74) is -0.172. The van der Waals surface area contributed by atoms with Crippen LogP contribution < -0.4 is 0 Å². The summed E-state index contributed by atoms with van der Waals surface area (Å²) in [5, 5.41) is 4.14. The molecule has 9 heteroatoms. The molecule has 138 valence electrons. The highest BCUT2D eigenvalue weighted by molar-refractivity contribution is 14.1. The number of hydrogen-bond donors (Lipinski definition) is 0. The lowest BCUT2D eigenvalue weighted by Crippen LogP contribution is -2.32. The highest BCUT2D eigenvalue weighted by atomic mass is 127. The lowest BCUT2D eigenvalue weighted by atomic mass is 10.0. The molecule has 26 heavy (non-hydrogen) atoms. The average molecular weight is 494 g/mol. The first kappa shape index (κ1) is 19.2. The van der Waals surface area contributed by atoms with Gasteiger partial charge in [-0.25, -0.2) is 0 Å². The zero-order chi connectivity index (χ0) is 18.9. The Morgan fingerprint density at radius 1 is 1.08 bits per heavy atom. The Balaban J connectivity index is 1.96. The van der Waals surface area contributed by atoms with Gasteiger partial charge in [0.05, 0.1) is 22.7 Å². The fourth-order valence-electron chi connectivity index (χ4n) is 2.60. The van der Waals surface area contributed by atoms with Gasteiger partial charge in [-0.3, -0.25) is 0 Å². The van der Waals surface area contributed by atoms with Crippen molar-refractivity contribution in [1.82, 2.24) is 4.41 Å². The molecule has 1 aliphatic rings. The molecular weight excluding hydrogens is 480 g/mol. The molecule has 0 amide bonds. The first-order valence-corrected chi connectivity index (χ1v) is 10.2. The lowest BCUT2D eigenvalue weighted by molar-refractivity contribution is -0.137. The van der Waals surface area contributed by atoms with Crippen molar-refractivity contribution in [2.75, 3.05) is 6.54 Å². The van der Waals surface area contributed by atoms with Crippen LogP contribution in [-0.4, -0.2) is 25.1 Å². The van der Waals surface area contributed by atoms with Crippen LogP contribution >= 0.6 is 22.6 Å². The van der Waals surface area contributed by atoms with Gasteiger partial charge in [0.25, 0.3) is 10.0 Å². The third-order valence-corrected chi connectivity index (χ3v) is 6.31. The van der Waals surface area contributed by atoms with E-state index in [4.69, 9.17) is 0 Å². The van der Waals surface area contributed by atoms with Gasteiger partial charge in [0, 0.05) is 3.57 Å². The Morgan fingerprint density at radius 3 is 2.42 bits per heavy atom. The number of halogens is 4. The predicted octanol–water partition coefficient (Wildman–Crippen LogP) is 4.50. The monoisotopic (exact) mass is 494 g/mol. The largest absolute Gasteiger partial charge is 0.416 e. The first-order chi connectivity index (χ1) is 12.2. The Morgan fingerprint density at radius 2 is 1.77 bits per heavy atom. The maximum absolute atomic E-state index is 12.9. The minimum atomic E-state index is -4.46. The molecule has 0 saturated carbocycles. The van der Waals surface area contributed by atoms with Crippen LogP contribution in [0.15, 0.2) is 58.5 Å². The molecule has 1 heterocycles. The van der Waals surface area contributed by atoms with Gasteiger partial charge in [0.15, 0.2) is 0 Å². The Kier molecular flexibility index (Phi) is 5.29. The summed E-state index contributed by atoms with van der Waals surface area (Å²) >= 11 is 2.07. The summed E-state index contributed by atoms with van der Waals surface area (Å²) in [6.07, 6.45) is -3.56. The predicted molar refractivity (Wildman–Crippen MR) is 100 cm³/mol. The van der Waals surface area contributed by atoms with E-state index in [0.717, 1.165) is 20.1 Å². The van der Waals surface area contributed by atoms with Crippen LogP contribution in [0.1, 0.15) is 24.0 Å². The molecule has 2 aromatic carbocycles. The van der Waals surface area contributed by atoms with Crippen molar-refractivity contribution in [3.8, 4) is 0 Å². The maximum atomic E-state index is 12.9. The summed E-state index contributed by atoms with van der Waals surface area (Å²) in [5.74, 6) is 0. The molecular formula is C17H14F3IN2O2S. The van der Waals surface area contributed by atoms with Crippen molar-refractivity contribution in [3.05, 3.63) is 63.2 Å². The zero-order valence-electron chi connectivity index (χ0n) is 13.4. The Hall–Kier alpha value is -1.62. The number of sulfonamides is 1. The standard InChI is InChI=1S/C17H14F3IN2O2S/c18-17(19,20)13-4-1-3-12(11-13)16-5-2-10-23(22-16)26(24,25)15-8-6-14(21)7-9-15/h1,3-4,6-9,11H,2,5,10H2. The number of nitrogens with zero attached hydrogens (tertiary/aromatic N) is 2. The van der Waals surface area contributed by atoms with Gasteiger partial charge in [0.2, 0.25) is 0 Å². The lowest BCUT2D eigenvalue weighted by Gasteiger charge is -2.25. The van der Waals surface area contributed by atoms with Crippen LogP contribution in [0.2, 0.25) is 0 Å². The molecule has 3 rings (SSSR count). The van der Waals surface area contributed by atoms with Crippen LogP contribution in [-0.2, 0) is 16.2 Å². The molecule has 0 bridgehead atoms. The minimum Gasteiger partial charge on any atom is -0.200 e. The van der Waals surface area contributed by atoms with E-state index in [1.54, 1.807) is 12.1 Å². The van der Waals surface area contributed by atoms with E-state index in [0.29, 0.717) is 18.6 Å². The highest BCUT2D eigenvalue weighted by Gasteiger charge is 2.31. The molecule has 0 fully saturated rings. The van der Waals surface area contributed by atoms with Gasteiger partial charge in [-0.15, -0.1) is 0 Å². The van der Waals surface area contributed by atoms with Gasteiger partial charge < -0.3 is 0 Å². The van der Waals surface area contributed by atoms with Gasteiger partial charge in [-0.1, -0.05) is 12.1 Å². The van der Waals surface area contributed by atoms with Crippen LogP contribution in [0.25, 0.3) is 0 Å². The summed E-state index contributed by atoms with van der Waals surface area (Å²) in [7, 11) is -3.84. The van der Waals surface area contributed by atoms with Crippen molar-refractivity contribution in [2.24, 2.45) is 5.10 Å². The van der Waals surface area contributed by atoms with E-state index >= 15 is 0 Å². The highest BCUT2D eigenvalue weighted by Crippen LogP contribution is 2.30.